The summed E-state index contributed by atoms with van der Waals surface area (Å²) in [6.07, 6.45) is 3.80. The van der Waals surface area contributed by atoms with Crippen molar-refractivity contribution in [2.75, 3.05) is 0 Å². The van der Waals surface area contributed by atoms with Crippen molar-refractivity contribution in [3.05, 3.63) is 0 Å². The molecular weight excluding hydrogens is 292 g/mol. The van der Waals surface area contributed by atoms with E-state index < -0.39 is 0 Å². The van der Waals surface area contributed by atoms with Crippen LogP contribution in [0.5, 0.6) is 0 Å². The summed E-state index contributed by atoms with van der Waals surface area (Å²) in [4.78, 5) is 1.24. The molecule has 0 rings (SSSR count). The highest BCUT2D eigenvalue weighted by molar-refractivity contribution is 9.12. The Bertz CT molecular complexity index is 125. The van der Waals surface area contributed by atoms with Crippen LogP contribution in [0.1, 0.15) is 47.0 Å². The molecule has 13 heavy (non-hydrogen) atoms. The number of alkyl halides is 2. The van der Waals surface area contributed by atoms with Crippen LogP contribution in [0.4, 0.5) is 0 Å². The molecule has 0 spiro atoms. The first-order chi connectivity index (χ1) is 6.02. The van der Waals surface area contributed by atoms with E-state index in [0.717, 1.165) is 11.8 Å². The van der Waals surface area contributed by atoms with Crippen molar-refractivity contribution >= 4 is 31.9 Å². The molecule has 2 heteroatoms. The maximum Gasteiger partial charge on any atom is 0.0296 e. The fraction of sp³-hybridized carbons (Fsp3) is 1.00. The normalized spacial score (nSPS) is 20.8. The Morgan fingerprint density at radius 1 is 1.00 bits per heavy atom. The largest absolute Gasteiger partial charge is 0.0878 e. The molecule has 4 atom stereocenters. The summed E-state index contributed by atoms with van der Waals surface area (Å²) in [5, 5.41) is 0. The van der Waals surface area contributed by atoms with Crippen molar-refractivity contribution in [3.63, 3.8) is 0 Å². The first-order valence-electron chi connectivity index (χ1n) is 5.31. The molecule has 0 radical (unpaired) electrons. The van der Waals surface area contributed by atoms with Gasteiger partial charge in [-0.3, -0.25) is 0 Å². The predicted octanol–water partition coefficient (Wildman–Crippen LogP) is 5.00. The van der Waals surface area contributed by atoms with Crippen LogP contribution in [0.2, 0.25) is 0 Å². The fourth-order valence-corrected chi connectivity index (χ4v) is 3.01. The van der Waals surface area contributed by atoms with Gasteiger partial charge in [-0.05, 0) is 18.3 Å². The fourth-order valence-electron chi connectivity index (χ4n) is 1.26. The standard InChI is InChI=1S/C11H22Br2/c1-5-8(3)7-10(12)11(13)9(4)6-2/h8-11H,5-7H2,1-4H3. The molecule has 0 bridgehead atoms. The Labute approximate surface area is 100 Å². The first-order valence-corrected chi connectivity index (χ1v) is 7.14. The minimum Gasteiger partial charge on any atom is -0.0878 e. The van der Waals surface area contributed by atoms with E-state index in [1.165, 1.54) is 19.3 Å². The molecule has 0 nitrogen and oxygen atoms in total. The monoisotopic (exact) mass is 312 g/mol. The molecule has 0 aliphatic carbocycles. The Kier molecular flexibility index (Phi) is 7.82. The number of halogens is 2. The molecule has 0 aliphatic heterocycles. The predicted molar refractivity (Wildman–Crippen MR) is 69.0 cm³/mol. The zero-order valence-electron chi connectivity index (χ0n) is 9.19. The average molecular weight is 314 g/mol. The van der Waals surface area contributed by atoms with Crippen molar-refractivity contribution in [3.8, 4) is 0 Å². The minimum absolute atomic E-state index is 0.617. The van der Waals surface area contributed by atoms with Gasteiger partial charge >= 0.3 is 0 Å². The van der Waals surface area contributed by atoms with Gasteiger partial charge in [-0.25, -0.2) is 0 Å². The SMILES string of the molecule is CCC(C)CC(Br)C(Br)C(C)CC. The Morgan fingerprint density at radius 3 is 1.92 bits per heavy atom. The molecule has 0 aromatic rings. The molecule has 0 aliphatic rings. The van der Waals surface area contributed by atoms with E-state index in [2.05, 4.69) is 59.6 Å². The van der Waals surface area contributed by atoms with Crippen molar-refractivity contribution in [1.29, 1.82) is 0 Å². The third kappa shape index (κ3) is 5.41. The van der Waals surface area contributed by atoms with E-state index in [4.69, 9.17) is 0 Å². The molecule has 0 saturated carbocycles. The minimum atomic E-state index is 0.617. The second-order valence-corrected chi connectivity index (χ2v) is 6.33. The van der Waals surface area contributed by atoms with Gasteiger partial charge in [-0.1, -0.05) is 72.4 Å². The van der Waals surface area contributed by atoms with Crippen LogP contribution in [0, 0.1) is 11.8 Å². The highest BCUT2D eigenvalue weighted by Gasteiger charge is 2.22. The summed E-state index contributed by atoms with van der Waals surface area (Å²) in [6, 6.07) is 0. The first kappa shape index (κ1) is 14.0. The highest BCUT2D eigenvalue weighted by Crippen LogP contribution is 2.29. The topological polar surface area (TPSA) is 0 Å². The van der Waals surface area contributed by atoms with Crippen LogP contribution in [-0.2, 0) is 0 Å². The van der Waals surface area contributed by atoms with Gasteiger partial charge in [-0.15, -0.1) is 0 Å². The van der Waals surface area contributed by atoms with Crippen LogP contribution in [-0.4, -0.2) is 9.65 Å². The molecule has 0 saturated heterocycles. The number of hydrogen-bond donors (Lipinski definition) is 0. The molecule has 0 aromatic heterocycles. The van der Waals surface area contributed by atoms with Crippen molar-refractivity contribution < 1.29 is 0 Å². The zero-order valence-corrected chi connectivity index (χ0v) is 12.4. The second-order valence-electron chi connectivity index (χ2n) is 4.10. The van der Waals surface area contributed by atoms with E-state index in [1.54, 1.807) is 0 Å². The third-order valence-electron chi connectivity index (χ3n) is 2.86. The summed E-state index contributed by atoms with van der Waals surface area (Å²) in [5.41, 5.74) is 0. The average Bonchev–Trinajstić information content (AvgIpc) is 2.14. The van der Waals surface area contributed by atoms with Gasteiger partial charge < -0.3 is 0 Å². The Hall–Kier alpha value is 0.960. The smallest absolute Gasteiger partial charge is 0.0296 e. The zero-order chi connectivity index (χ0) is 10.4. The Balaban J connectivity index is 3.87. The molecule has 0 heterocycles. The second kappa shape index (κ2) is 7.28. The lowest BCUT2D eigenvalue weighted by Gasteiger charge is -2.24. The van der Waals surface area contributed by atoms with Gasteiger partial charge in [0.1, 0.15) is 0 Å². The van der Waals surface area contributed by atoms with Crippen molar-refractivity contribution in [2.45, 2.75) is 56.6 Å². The molecule has 80 valence electrons. The maximum atomic E-state index is 3.78. The van der Waals surface area contributed by atoms with E-state index in [9.17, 15) is 0 Å². The quantitative estimate of drug-likeness (QED) is 0.606. The molecule has 0 N–H and O–H groups in total. The molecule has 0 amide bonds. The lowest BCUT2D eigenvalue weighted by molar-refractivity contribution is 0.455. The van der Waals surface area contributed by atoms with Gasteiger partial charge in [0, 0.05) is 9.65 Å². The van der Waals surface area contributed by atoms with Crippen molar-refractivity contribution in [1.82, 2.24) is 0 Å². The van der Waals surface area contributed by atoms with Crippen LogP contribution in [0.3, 0.4) is 0 Å². The van der Waals surface area contributed by atoms with Crippen LogP contribution in [0.25, 0.3) is 0 Å². The van der Waals surface area contributed by atoms with Crippen LogP contribution < -0.4 is 0 Å². The number of hydrogen-bond acceptors (Lipinski definition) is 0. The van der Waals surface area contributed by atoms with Gasteiger partial charge in [0.25, 0.3) is 0 Å². The highest BCUT2D eigenvalue weighted by atomic mass is 79.9. The summed E-state index contributed by atoms with van der Waals surface area (Å²) in [6.45, 7) is 9.15. The Morgan fingerprint density at radius 2 is 1.54 bits per heavy atom. The van der Waals surface area contributed by atoms with Gasteiger partial charge in [0.15, 0.2) is 0 Å². The summed E-state index contributed by atoms with van der Waals surface area (Å²) in [7, 11) is 0. The van der Waals surface area contributed by atoms with E-state index in [1.807, 2.05) is 0 Å². The van der Waals surface area contributed by atoms with E-state index in [0.29, 0.717) is 9.65 Å². The lowest BCUT2D eigenvalue weighted by Crippen LogP contribution is -2.23. The number of rotatable bonds is 6. The lowest BCUT2D eigenvalue weighted by atomic mass is 9.96. The van der Waals surface area contributed by atoms with Gasteiger partial charge in [-0.2, -0.15) is 0 Å². The van der Waals surface area contributed by atoms with Crippen LogP contribution in [0.15, 0.2) is 0 Å². The molecular formula is C11H22Br2. The summed E-state index contributed by atoms with van der Waals surface area (Å²) in [5.74, 6) is 1.59. The van der Waals surface area contributed by atoms with Crippen LogP contribution >= 0.6 is 31.9 Å². The molecule has 0 fully saturated rings. The maximum absolute atomic E-state index is 3.78. The van der Waals surface area contributed by atoms with Gasteiger partial charge in [0.05, 0.1) is 0 Å². The molecule has 4 unspecified atom stereocenters. The summed E-state index contributed by atoms with van der Waals surface area (Å²) < 4.78 is 0. The summed E-state index contributed by atoms with van der Waals surface area (Å²) >= 11 is 7.56. The van der Waals surface area contributed by atoms with Gasteiger partial charge in [0.2, 0.25) is 0 Å². The molecule has 0 aromatic carbocycles. The van der Waals surface area contributed by atoms with E-state index >= 15 is 0 Å². The third-order valence-corrected chi connectivity index (χ3v) is 6.05. The van der Waals surface area contributed by atoms with E-state index in [-0.39, 0.29) is 0 Å². The van der Waals surface area contributed by atoms with Crippen molar-refractivity contribution in [2.24, 2.45) is 11.8 Å².